The van der Waals surface area contributed by atoms with Crippen LogP contribution < -0.4 is 10.2 Å². The minimum absolute atomic E-state index is 0.698. The Morgan fingerprint density at radius 1 is 0.968 bits per heavy atom. The van der Waals surface area contributed by atoms with Gasteiger partial charge in [0, 0.05) is 58.6 Å². The van der Waals surface area contributed by atoms with Crippen molar-refractivity contribution in [1.29, 1.82) is 0 Å². The highest BCUT2D eigenvalue weighted by molar-refractivity contribution is 5.80. The van der Waals surface area contributed by atoms with Crippen molar-refractivity contribution < 1.29 is 4.74 Å². The Balaban J connectivity index is 1.39. The van der Waals surface area contributed by atoms with Crippen LogP contribution in [0.2, 0.25) is 0 Å². The van der Waals surface area contributed by atoms with Crippen molar-refractivity contribution in [3.8, 4) is 0 Å². The Hall–Kier alpha value is -2.64. The molecule has 2 aliphatic rings. The first-order valence-corrected chi connectivity index (χ1v) is 11.4. The molecule has 7 nitrogen and oxygen atoms in total. The first-order valence-electron chi connectivity index (χ1n) is 11.4. The molecule has 0 unspecified atom stereocenters. The molecule has 0 radical (unpaired) electrons. The van der Waals surface area contributed by atoms with E-state index in [1.165, 1.54) is 11.1 Å². The van der Waals surface area contributed by atoms with Crippen LogP contribution in [0.5, 0.6) is 0 Å². The second-order valence-corrected chi connectivity index (χ2v) is 7.99. The molecule has 0 bridgehead atoms. The van der Waals surface area contributed by atoms with Gasteiger partial charge in [-0.05, 0) is 30.2 Å². The third-order valence-electron chi connectivity index (χ3n) is 5.90. The fourth-order valence-corrected chi connectivity index (χ4v) is 4.14. The molecule has 0 spiro atoms. The number of rotatable bonds is 6. The molecule has 3 heterocycles. The highest BCUT2D eigenvalue weighted by atomic mass is 16.5. The van der Waals surface area contributed by atoms with Gasteiger partial charge in [0.05, 0.1) is 19.8 Å². The van der Waals surface area contributed by atoms with Crippen molar-refractivity contribution in [2.45, 2.75) is 20.0 Å². The maximum atomic E-state index is 5.49. The zero-order chi connectivity index (χ0) is 21.3. The van der Waals surface area contributed by atoms with Crippen LogP contribution in [0.25, 0.3) is 0 Å². The molecule has 0 amide bonds. The van der Waals surface area contributed by atoms with Gasteiger partial charge in [0.25, 0.3) is 0 Å². The summed E-state index contributed by atoms with van der Waals surface area (Å²) < 4.78 is 5.49. The van der Waals surface area contributed by atoms with E-state index in [9.17, 15) is 0 Å². The number of nitrogens with one attached hydrogen (secondary N) is 1. The Morgan fingerprint density at radius 2 is 1.71 bits per heavy atom. The zero-order valence-electron chi connectivity index (χ0n) is 18.5. The van der Waals surface area contributed by atoms with E-state index in [-0.39, 0.29) is 0 Å². The van der Waals surface area contributed by atoms with E-state index in [1.807, 2.05) is 12.3 Å². The lowest BCUT2D eigenvalue weighted by atomic mass is 10.1. The molecule has 0 saturated carbocycles. The molecular formula is C24H34N6O. The van der Waals surface area contributed by atoms with E-state index in [2.05, 4.69) is 68.3 Å². The fourth-order valence-electron chi connectivity index (χ4n) is 4.14. The van der Waals surface area contributed by atoms with Gasteiger partial charge in [0.15, 0.2) is 5.96 Å². The van der Waals surface area contributed by atoms with Crippen molar-refractivity contribution in [2.75, 3.05) is 63.9 Å². The van der Waals surface area contributed by atoms with E-state index in [1.54, 1.807) is 0 Å². The molecule has 1 aromatic heterocycles. The quantitative estimate of drug-likeness (QED) is 0.569. The van der Waals surface area contributed by atoms with E-state index >= 15 is 0 Å². The van der Waals surface area contributed by atoms with E-state index in [0.717, 1.165) is 77.3 Å². The SMILES string of the molecule is CCNC(=NCc1ccccc1CN1CCOCC1)N1CCN(c2ccccn2)CC1. The maximum Gasteiger partial charge on any atom is 0.194 e. The molecule has 2 aliphatic heterocycles. The van der Waals surface area contributed by atoms with Gasteiger partial charge < -0.3 is 19.9 Å². The summed E-state index contributed by atoms with van der Waals surface area (Å²) in [5.74, 6) is 2.06. The highest BCUT2D eigenvalue weighted by Gasteiger charge is 2.20. The molecule has 2 fully saturated rings. The lowest BCUT2D eigenvalue weighted by Gasteiger charge is -2.37. The van der Waals surface area contributed by atoms with Gasteiger partial charge >= 0.3 is 0 Å². The predicted molar refractivity (Wildman–Crippen MR) is 125 cm³/mol. The first-order chi connectivity index (χ1) is 15.3. The largest absolute Gasteiger partial charge is 0.379 e. The average molecular weight is 423 g/mol. The number of hydrogen-bond donors (Lipinski definition) is 1. The molecule has 7 heteroatoms. The van der Waals surface area contributed by atoms with Crippen molar-refractivity contribution in [3.05, 3.63) is 59.8 Å². The molecule has 2 aromatic rings. The number of benzene rings is 1. The van der Waals surface area contributed by atoms with Gasteiger partial charge in [-0.3, -0.25) is 4.90 Å². The van der Waals surface area contributed by atoms with Crippen molar-refractivity contribution in [2.24, 2.45) is 4.99 Å². The number of nitrogens with zero attached hydrogens (tertiary/aromatic N) is 5. The number of aliphatic imine (C=N–C) groups is 1. The molecular weight excluding hydrogens is 388 g/mol. The van der Waals surface area contributed by atoms with Crippen molar-refractivity contribution in [1.82, 2.24) is 20.1 Å². The second kappa shape index (κ2) is 11.1. The van der Waals surface area contributed by atoms with Crippen LogP contribution >= 0.6 is 0 Å². The van der Waals surface area contributed by atoms with Crippen molar-refractivity contribution >= 4 is 11.8 Å². The molecule has 31 heavy (non-hydrogen) atoms. The number of ether oxygens (including phenoxy) is 1. The van der Waals surface area contributed by atoms with E-state index in [0.29, 0.717) is 6.54 Å². The van der Waals surface area contributed by atoms with Crippen LogP contribution in [0.1, 0.15) is 18.1 Å². The van der Waals surface area contributed by atoms with Gasteiger partial charge in [-0.25, -0.2) is 9.98 Å². The summed E-state index contributed by atoms with van der Waals surface area (Å²) in [6.07, 6.45) is 1.86. The van der Waals surface area contributed by atoms with Crippen LogP contribution in [-0.2, 0) is 17.8 Å². The Bertz CT molecular complexity index is 829. The minimum Gasteiger partial charge on any atom is -0.379 e. The number of pyridine rings is 1. The Labute approximate surface area is 185 Å². The summed E-state index contributed by atoms with van der Waals surface area (Å²) in [4.78, 5) is 16.7. The number of hydrogen-bond acceptors (Lipinski definition) is 5. The number of piperazine rings is 1. The summed E-state index contributed by atoms with van der Waals surface area (Å²) in [5.41, 5.74) is 2.67. The van der Waals surface area contributed by atoms with Gasteiger partial charge in [-0.15, -0.1) is 0 Å². The Kier molecular flexibility index (Phi) is 7.74. The monoisotopic (exact) mass is 422 g/mol. The standard InChI is InChI=1S/C24H34N6O/c1-2-25-24(30-13-11-29(12-14-30)23-9-5-6-10-26-23)27-19-21-7-3-4-8-22(21)20-28-15-17-31-18-16-28/h3-10H,2,11-20H2,1H3,(H,25,27). The van der Waals surface area contributed by atoms with Gasteiger partial charge in [-0.2, -0.15) is 0 Å². The molecule has 1 N–H and O–H groups in total. The number of morpholine rings is 1. The summed E-state index contributed by atoms with van der Waals surface area (Å²) in [7, 11) is 0. The molecule has 1 aromatic carbocycles. The third kappa shape index (κ3) is 5.95. The predicted octanol–water partition coefficient (Wildman–Crippen LogP) is 2.20. The third-order valence-corrected chi connectivity index (χ3v) is 5.90. The number of guanidine groups is 1. The average Bonchev–Trinajstić information content (AvgIpc) is 2.84. The van der Waals surface area contributed by atoms with Gasteiger partial charge in [0.2, 0.25) is 0 Å². The van der Waals surface area contributed by atoms with Crippen LogP contribution in [-0.4, -0.2) is 79.8 Å². The highest BCUT2D eigenvalue weighted by Crippen LogP contribution is 2.16. The Morgan fingerprint density at radius 3 is 2.42 bits per heavy atom. The van der Waals surface area contributed by atoms with Crippen LogP contribution in [0.3, 0.4) is 0 Å². The smallest absolute Gasteiger partial charge is 0.194 e. The normalized spacial score (nSPS) is 18.3. The van der Waals surface area contributed by atoms with Crippen LogP contribution in [0.4, 0.5) is 5.82 Å². The summed E-state index contributed by atoms with van der Waals surface area (Å²) in [6.45, 7) is 12.1. The molecule has 2 saturated heterocycles. The summed E-state index contributed by atoms with van der Waals surface area (Å²) in [5, 5.41) is 3.49. The van der Waals surface area contributed by atoms with Crippen LogP contribution in [0.15, 0.2) is 53.7 Å². The van der Waals surface area contributed by atoms with E-state index in [4.69, 9.17) is 9.73 Å². The van der Waals surface area contributed by atoms with E-state index < -0.39 is 0 Å². The number of aromatic nitrogens is 1. The second-order valence-electron chi connectivity index (χ2n) is 7.99. The lowest BCUT2D eigenvalue weighted by Crippen LogP contribution is -2.52. The maximum absolute atomic E-state index is 5.49. The zero-order valence-corrected chi connectivity index (χ0v) is 18.5. The lowest BCUT2D eigenvalue weighted by molar-refractivity contribution is 0.0341. The summed E-state index contributed by atoms with van der Waals surface area (Å²) >= 11 is 0. The van der Waals surface area contributed by atoms with Gasteiger partial charge in [0.1, 0.15) is 5.82 Å². The number of anilines is 1. The molecule has 0 aliphatic carbocycles. The van der Waals surface area contributed by atoms with Crippen molar-refractivity contribution in [3.63, 3.8) is 0 Å². The van der Waals surface area contributed by atoms with Gasteiger partial charge in [-0.1, -0.05) is 30.3 Å². The molecule has 0 atom stereocenters. The summed E-state index contributed by atoms with van der Waals surface area (Å²) in [6, 6.07) is 14.8. The molecule has 166 valence electrons. The molecule has 4 rings (SSSR count). The topological polar surface area (TPSA) is 56.2 Å². The minimum atomic E-state index is 0.698. The first kappa shape index (κ1) is 21.6. The van der Waals surface area contributed by atoms with Crippen LogP contribution in [0, 0.1) is 0 Å². The fraction of sp³-hybridized carbons (Fsp3) is 0.500.